The molecule has 46 heavy (non-hydrogen) atoms. The van der Waals surface area contributed by atoms with Crippen LogP contribution in [0.4, 0.5) is 14.5 Å². The van der Waals surface area contributed by atoms with Gasteiger partial charge in [-0.1, -0.05) is 0 Å². The Bertz CT molecular complexity index is 2150. The van der Waals surface area contributed by atoms with Crippen LogP contribution >= 0.6 is 0 Å². The normalized spacial score (nSPS) is 12.1. The smallest absolute Gasteiger partial charge is 0.336 e. The molecule has 5 aromatic rings. The van der Waals surface area contributed by atoms with Crippen LogP contribution in [-0.4, -0.2) is 51.4 Å². The average Bonchev–Trinajstić information content (AvgIpc) is 3.04. The first kappa shape index (κ1) is 29.8. The van der Waals surface area contributed by atoms with Gasteiger partial charge in [0, 0.05) is 30.2 Å². The van der Waals surface area contributed by atoms with Gasteiger partial charge in [0.1, 0.15) is 36.9 Å². The zero-order chi connectivity index (χ0) is 32.5. The number of rotatable bonds is 8. The Morgan fingerprint density at radius 1 is 0.978 bits per heavy atom. The predicted molar refractivity (Wildman–Crippen MR) is 158 cm³/mol. The molecule has 0 saturated heterocycles. The van der Waals surface area contributed by atoms with Crippen LogP contribution < -0.4 is 35.5 Å². The van der Waals surface area contributed by atoms with Gasteiger partial charge in [-0.25, -0.2) is 18.1 Å². The van der Waals surface area contributed by atoms with Crippen LogP contribution in [0.25, 0.3) is 16.6 Å². The van der Waals surface area contributed by atoms with Crippen LogP contribution in [0.2, 0.25) is 0 Å². The Hall–Kier alpha value is -6.25. The van der Waals surface area contributed by atoms with E-state index < -0.39 is 46.9 Å². The molecule has 6 rings (SSSR count). The third-order valence-electron chi connectivity index (χ3n) is 6.86. The van der Waals surface area contributed by atoms with E-state index in [0.29, 0.717) is 43.9 Å². The Labute approximate surface area is 256 Å². The van der Waals surface area contributed by atoms with Gasteiger partial charge in [0.2, 0.25) is 5.75 Å². The number of benzene rings is 3. The van der Waals surface area contributed by atoms with E-state index >= 15 is 4.39 Å². The van der Waals surface area contributed by atoms with Crippen molar-refractivity contribution in [2.75, 3.05) is 25.6 Å². The van der Waals surface area contributed by atoms with E-state index in [-0.39, 0.29) is 29.5 Å². The number of hydrogen-bond acceptors (Lipinski definition) is 9. The number of amides is 1. The third-order valence-corrected chi connectivity index (χ3v) is 6.86. The lowest BCUT2D eigenvalue weighted by Crippen LogP contribution is -2.43. The summed E-state index contributed by atoms with van der Waals surface area (Å²) < 4.78 is 52.8. The van der Waals surface area contributed by atoms with Crippen molar-refractivity contribution in [3.63, 3.8) is 0 Å². The highest BCUT2D eigenvalue weighted by atomic mass is 19.1. The Morgan fingerprint density at radius 2 is 1.72 bits per heavy atom. The fourth-order valence-electron chi connectivity index (χ4n) is 4.82. The number of anilines is 1. The Kier molecular flexibility index (Phi) is 7.80. The lowest BCUT2D eigenvalue weighted by atomic mass is 10.1. The molecule has 234 valence electrons. The van der Waals surface area contributed by atoms with Crippen molar-refractivity contribution >= 4 is 28.5 Å². The summed E-state index contributed by atoms with van der Waals surface area (Å²) in [5, 5.41) is 12.0. The molecule has 0 spiro atoms. The molecule has 1 aliphatic rings. The van der Waals surface area contributed by atoms with E-state index in [9.17, 15) is 28.7 Å². The number of methoxy groups -OCH3 is 1. The maximum atomic E-state index is 15.3. The summed E-state index contributed by atoms with van der Waals surface area (Å²) >= 11 is 0. The second kappa shape index (κ2) is 12.0. The van der Waals surface area contributed by atoms with Gasteiger partial charge in [-0.05, 0) is 42.5 Å². The first-order chi connectivity index (χ1) is 22.1. The summed E-state index contributed by atoms with van der Waals surface area (Å²) in [7, 11) is 1.48. The maximum Gasteiger partial charge on any atom is 0.336 e. The van der Waals surface area contributed by atoms with E-state index in [4.69, 9.17) is 18.9 Å². The van der Waals surface area contributed by atoms with Crippen LogP contribution in [-0.2, 0) is 11.3 Å². The summed E-state index contributed by atoms with van der Waals surface area (Å²) in [6, 6.07) is 10.9. The lowest BCUT2D eigenvalue weighted by molar-refractivity contribution is -0.137. The lowest BCUT2D eigenvalue weighted by Gasteiger charge is -2.23. The Morgan fingerprint density at radius 3 is 2.41 bits per heavy atom. The quantitative estimate of drug-likeness (QED) is 0.258. The highest BCUT2D eigenvalue weighted by molar-refractivity contribution is 6.04. The minimum atomic E-state index is -1.42. The molecule has 2 N–H and O–H groups in total. The van der Waals surface area contributed by atoms with Crippen molar-refractivity contribution in [3.05, 3.63) is 105 Å². The molecule has 15 heteroatoms. The molecule has 0 fully saturated rings. The standard InChI is InChI=1S/C31H22F2N4O9/c1-43-24-13-21-26(28-27(24)44-10-11-45-28)23(8-9-34-21)46-22-7-4-17(12-20(22)33)35-29(40)19-14-36(15-25(38)39)31(42)37(30(19)41)18-5-2-16(32)3-6-18/h2-9,12-14H,10-11,15H2,1H3,(H,35,40)(H,38,39). The number of hydrogen-bond donors (Lipinski definition) is 2. The van der Waals surface area contributed by atoms with Crippen molar-refractivity contribution in [1.82, 2.24) is 14.1 Å². The molecular weight excluding hydrogens is 610 g/mol. The van der Waals surface area contributed by atoms with Gasteiger partial charge in [-0.15, -0.1) is 0 Å². The number of halogens is 2. The summed E-state index contributed by atoms with van der Waals surface area (Å²) in [6.07, 6.45) is 2.25. The largest absolute Gasteiger partial charge is 0.493 e. The number of aromatic nitrogens is 3. The molecule has 3 heterocycles. The molecule has 3 aromatic carbocycles. The zero-order valence-corrected chi connectivity index (χ0v) is 23.8. The van der Waals surface area contributed by atoms with Crippen LogP contribution in [0.3, 0.4) is 0 Å². The number of carboxylic acids is 1. The number of fused-ring (bicyclic) bond motifs is 3. The molecule has 0 atom stereocenters. The average molecular weight is 633 g/mol. The predicted octanol–water partition coefficient (Wildman–Crippen LogP) is 3.73. The molecule has 0 saturated carbocycles. The van der Waals surface area contributed by atoms with Gasteiger partial charge in [0.25, 0.3) is 11.5 Å². The molecule has 2 aromatic heterocycles. The molecule has 1 amide bonds. The van der Waals surface area contributed by atoms with E-state index in [1.807, 2.05) is 0 Å². The minimum Gasteiger partial charge on any atom is -0.493 e. The highest BCUT2D eigenvalue weighted by Gasteiger charge is 2.25. The van der Waals surface area contributed by atoms with Crippen LogP contribution in [0.15, 0.2) is 76.6 Å². The Balaban J connectivity index is 1.32. The molecular formula is C31H22F2N4O9. The van der Waals surface area contributed by atoms with Gasteiger partial charge in [-0.2, -0.15) is 0 Å². The number of aliphatic carboxylic acids is 1. The summed E-state index contributed by atoms with van der Waals surface area (Å²) in [5.74, 6) is -2.96. The van der Waals surface area contributed by atoms with Gasteiger partial charge in [0.15, 0.2) is 23.1 Å². The molecule has 13 nitrogen and oxygen atoms in total. The van der Waals surface area contributed by atoms with Crippen LogP contribution in [0.5, 0.6) is 28.7 Å². The summed E-state index contributed by atoms with van der Waals surface area (Å²) in [5.41, 5.74) is -2.54. The molecule has 1 aliphatic heterocycles. The molecule has 0 bridgehead atoms. The monoisotopic (exact) mass is 632 g/mol. The first-order valence-electron chi connectivity index (χ1n) is 13.5. The number of nitrogens with zero attached hydrogens (tertiary/aromatic N) is 3. The minimum absolute atomic E-state index is 0.0861. The van der Waals surface area contributed by atoms with Crippen LogP contribution in [0.1, 0.15) is 10.4 Å². The molecule has 0 aliphatic carbocycles. The fourth-order valence-corrected chi connectivity index (χ4v) is 4.82. The number of nitrogens with one attached hydrogen (secondary N) is 1. The van der Waals surface area contributed by atoms with Crippen molar-refractivity contribution in [1.29, 1.82) is 0 Å². The third kappa shape index (κ3) is 5.56. The van der Waals surface area contributed by atoms with Crippen molar-refractivity contribution in [2.45, 2.75) is 6.54 Å². The number of carbonyl (C=O) groups excluding carboxylic acids is 1. The van der Waals surface area contributed by atoms with Crippen molar-refractivity contribution < 1.29 is 42.4 Å². The highest BCUT2D eigenvalue weighted by Crippen LogP contribution is 2.48. The SMILES string of the molecule is COc1cc2nccc(Oc3ccc(NC(=O)c4cn(CC(=O)O)c(=O)n(-c5ccc(F)cc5)c4=O)cc3F)c2c2c1OCCO2. The first-order valence-corrected chi connectivity index (χ1v) is 13.5. The maximum absolute atomic E-state index is 15.3. The van der Waals surface area contributed by atoms with Crippen molar-refractivity contribution in [2.24, 2.45) is 0 Å². The van der Waals surface area contributed by atoms with E-state index in [1.165, 1.54) is 31.5 Å². The van der Waals surface area contributed by atoms with E-state index in [2.05, 4.69) is 10.3 Å². The summed E-state index contributed by atoms with van der Waals surface area (Å²) in [4.78, 5) is 55.1. The number of carboxylic acid groups (broad SMARTS) is 1. The van der Waals surface area contributed by atoms with E-state index in [1.54, 1.807) is 6.07 Å². The molecule has 0 unspecified atom stereocenters. The van der Waals surface area contributed by atoms with Gasteiger partial charge in [0.05, 0.1) is 23.7 Å². The van der Waals surface area contributed by atoms with E-state index in [0.717, 1.165) is 36.5 Å². The number of pyridine rings is 1. The van der Waals surface area contributed by atoms with Crippen LogP contribution in [0, 0.1) is 11.6 Å². The second-order valence-electron chi connectivity index (χ2n) is 9.80. The van der Waals surface area contributed by atoms with Gasteiger partial charge >= 0.3 is 11.7 Å². The second-order valence-corrected chi connectivity index (χ2v) is 9.80. The number of carbonyl (C=O) groups is 2. The topological polar surface area (TPSA) is 160 Å². The van der Waals surface area contributed by atoms with Gasteiger partial charge in [-0.3, -0.25) is 23.9 Å². The van der Waals surface area contributed by atoms with Gasteiger partial charge < -0.3 is 29.4 Å². The van der Waals surface area contributed by atoms with Crippen molar-refractivity contribution in [3.8, 4) is 34.4 Å². The number of ether oxygens (including phenoxy) is 4. The fraction of sp³-hybridized carbons (Fsp3) is 0.129. The summed E-state index contributed by atoms with van der Waals surface area (Å²) in [6.45, 7) is -0.318. The zero-order valence-electron chi connectivity index (χ0n) is 23.8. The molecule has 0 radical (unpaired) electrons.